The highest BCUT2D eigenvalue weighted by Crippen LogP contribution is 2.34. The summed E-state index contributed by atoms with van der Waals surface area (Å²) in [6, 6.07) is 0. The number of hydrogen-bond donors (Lipinski definition) is 1. The van der Waals surface area contributed by atoms with Crippen LogP contribution in [0.25, 0.3) is 0 Å². The SMILES string of the molecule is C[C@H](CC(=O)OC(C)(C)C)C(O)C1(C)CO1. The van der Waals surface area contributed by atoms with Gasteiger partial charge in [-0.25, -0.2) is 0 Å². The molecular weight excluding hydrogens is 208 g/mol. The maximum Gasteiger partial charge on any atom is 0.306 e. The average Bonchev–Trinajstić information content (AvgIpc) is 2.79. The second-order valence-electron chi connectivity index (χ2n) is 5.81. The number of rotatable bonds is 4. The van der Waals surface area contributed by atoms with Crippen molar-refractivity contribution in [3.63, 3.8) is 0 Å². The van der Waals surface area contributed by atoms with Crippen molar-refractivity contribution in [2.24, 2.45) is 5.92 Å². The number of aliphatic hydroxyl groups excluding tert-OH is 1. The van der Waals surface area contributed by atoms with Crippen LogP contribution >= 0.6 is 0 Å². The van der Waals surface area contributed by atoms with Crippen LogP contribution in [0.5, 0.6) is 0 Å². The first-order valence-corrected chi connectivity index (χ1v) is 5.68. The van der Waals surface area contributed by atoms with Gasteiger partial charge in [-0.1, -0.05) is 6.92 Å². The van der Waals surface area contributed by atoms with Crippen LogP contribution in [-0.4, -0.2) is 35.0 Å². The molecule has 1 heterocycles. The van der Waals surface area contributed by atoms with E-state index in [1.54, 1.807) is 0 Å². The van der Waals surface area contributed by atoms with E-state index in [2.05, 4.69) is 0 Å². The largest absolute Gasteiger partial charge is 0.460 e. The van der Waals surface area contributed by atoms with E-state index in [0.717, 1.165) is 0 Å². The molecule has 1 rings (SSSR count). The number of esters is 1. The van der Waals surface area contributed by atoms with E-state index in [-0.39, 0.29) is 18.3 Å². The fourth-order valence-corrected chi connectivity index (χ4v) is 1.64. The van der Waals surface area contributed by atoms with Crippen LogP contribution < -0.4 is 0 Å². The molecule has 94 valence electrons. The Morgan fingerprint density at radius 2 is 2.06 bits per heavy atom. The third-order valence-corrected chi connectivity index (χ3v) is 2.67. The molecule has 0 bridgehead atoms. The van der Waals surface area contributed by atoms with E-state index in [0.29, 0.717) is 6.61 Å². The Balaban J connectivity index is 2.39. The highest BCUT2D eigenvalue weighted by molar-refractivity contribution is 5.70. The van der Waals surface area contributed by atoms with Crippen molar-refractivity contribution < 1.29 is 19.4 Å². The Hall–Kier alpha value is -0.610. The Bertz CT molecular complexity index is 263. The van der Waals surface area contributed by atoms with E-state index in [1.165, 1.54) is 0 Å². The zero-order valence-electron chi connectivity index (χ0n) is 10.7. The zero-order chi connectivity index (χ0) is 12.6. The molecule has 1 saturated heterocycles. The number of aliphatic hydroxyl groups is 1. The van der Waals surface area contributed by atoms with Gasteiger partial charge in [0.25, 0.3) is 0 Å². The number of hydrogen-bond acceptors (Lipinski definition) is 4. The summed E-state index contributed by atoms with van der Waals surface area (Å²) in [5.41, 5.74) is -0.927. The van der Waals surface area contributed by atoms with Gasteiger partial charge in [0, 0.05) is 0 Å². The van der Waals surface area contributed by atoms with Crippen LogP contribution in [0, 0.1) is 5.92 Å². The second kappa shape index (κ2) is 4.34. The normalized spacial score (nSPS) is 28.4. The Labute approximate surface area is 96.9 Å². The molecule has 1 aliphatic heterocycles. The molecule has 0 aliphatic carbocycles. The lowest BCUT2D eigenvalue weighted by atomic mass is 9.91. The molecule has 1 aliphatic rings. The van der Waals surface area contributed by atoms with E-state index in [1.807, 2.05) is 34.6 Å². The molecular formula is C12H22O4. The van der Waals surface area contributed by atoms with Gasteiger partial charge in [-0.05, 0) is 33.6 Å². The lowest BCUT2D eigenvalue weighted by Gasteiger charge is -2.24. The number of carbonyl (C=O) groups excluding carboxylic acids is 1. The van der Waals surface area contributed by atoms with Gasteiger partial charge in [0.1, 0.15) is 11.2 Å². The van der Waals surface area contributed by atoms with Gasteiger partial charge in [0.2, 0.25) is 0 Å². The quantitative estimate of drug-likeness (QED) is 0.587. The van der Waals surface area contributed by atoms with Crippen molar-refractivity contribution in [3.05, 3.63) is 0 Å². The van der Waals surface area contributed by atoms with E-state index < -0.39 is 17.3 Å². The van der Waals surface area contributed by atoms with Crippen molar-refractivity contribution in [1.29, 1.82) is 0 Å². The summed E-state index contributed by atoms with van der Waals surface area (Å²) in [6.45, 7) is 9.74. The molecule has 0 radical (unpaired) electrons. The zero-order valence-corrected chi connectivity index (χ0v) is 10.7. The molecule has 0 saturated carbocycles. The van der Waals surface area contributed by atoms with Crippen LogP contribution in [-0.2, 0) is 14.3 Å². The van der Waals surface area contributed by atoms with Gasteiger partial charge in [0.05, 0.1) is 19.1 Å². The summed E-state index contributed by atoms with van der Waals surface area (Å²) >= 11 is 0. The molecule has 3 atom stereocenters. The molecule has 0 aromatic heterocycles. The van der Waals surface area contributed by atoms with E-state index in [4.69, 9.17) is 9.47 Å². The topological polar surface area (TPSA) is 59.1 Å². The fourth-order valence-electron chi connectivity index (χ4n) is 1.64. The first kappa shape index (κ1) is 13.5. The summed E-state index contributed by atoms with van der Waals surface area (Å²) in [7, 11) is 0. The Morgan fingerprint density at radius 3 is 2.44 bits per heavy atom. The Morgan fingerprint density at radius 1 is 1.56 bits per heavy atom. The maximum absolute atomic E-state index is 11.5. The smallest absolute Gasteiger partial charge is 0.306 e. The van der Waals surface area contributed by atoms with Crippen LogP contribution in [0.15, 0.2) is 0 Å². The molecule has 1 fully saturated rings. The lowest BCUT2D eigenvalue weighted by molar-refractivity contribution is -0.157. The lowest BCUT2D eigenvalue weighted by Crippen LogP contribution is -2.35. The predicted octanol–water partition coefficient (Wildman–Crippen LogP) is 1.50. The number of epoxide rings is 1. The average molecular weight is 230 g/mol. The van der Waals surface area contributed by atoms with Crippen molar-refractivity contribution in [3.8, 4) is 0 Å². The summed E-state index contributed by atoms with van der Waals surface area (Å²) in [5.74, 6) is -0.425. The molecule has 0 aromatic rings. The van der Waals surface area contributed by atoms with Crippen LogP contribution in [0.1, 0.15) is 41.0 Å². The highest BCUT2D eigenvalue weighted by atomic mass is 16.6. The first-order valence-electron chi connectivity index (χ1n) is 5.68. The Kier molecular flexibility index (Phi) is 3.65. The van der Waals surface area contributed by atoms with Gasteiger partial charge in [-0.3, -0.25) is 4.79 Å². The first-order chi connectivity index (χ1) is 7.14. The van der Waals surface area contributed by atoms with Crippen LogP contribution in [0.3, 0.4) is 0 Å². The van der Waals surface area contributed by atoms with E-state index in [9.17, 15) is 9.90 Å². The molecule has 0 amide bonds. The minimum atomic E-state index is -0.611. The summed E-state index contributed by atoms with van der Waals surface area (Å²) in [6.07, 6.45) is -0.391. The van der Waals surface area contributed by atoms with Crippen LogP contribution in [0.4, 0.5) is 0 Å². The summed E-state index contributed by atoms with van der Waals surface area (Å²) < 4.78 is 10.4. The molecule has 2 unspecified atom stereocenters. The van der Waals surface area contributed by atoms with Gasteiger partial charge >= 0.3 is 5.97 Å². The van der Waals surface area contributed by atoms with Gasteiger partial charge < -0.3 is 14.6 Å². The highest BCUT2D eigenvalue weighted by Gasteiger charge is 2.48. The number of ether oxygens (including phenoxy) is 2. The molecule has 1 N–H and O–H groups in total. The summed E-state index contributed by atoms with van der Waals surface area (Å²) in [4.78, 5) is 11.5. The monoisotopic (exact) mass is 230 g/mol. The maximum atomic E-state index is 11.5. The van der Waals surface area contributed by atoms with Crippen molar-refractivity contribution >= 4 is 5.97 Å². The standard InChI is InChI=1S/C12H22O4/c1-8(10(14)12(5)7-15-12)6-9(13)16-11(2,3)4/h8,10,14H,6-7H2,1-5H3/t8-,10?,12?/m1/s1. The fraction of sp³-hybridized carbons (Fsp3) is 0.917. The van der Waals surface area contributed by atoms with Crippen molar-refractivity contribution in [2.45, 2.75) is 58.3 Å². The van der Waals surface area contributed by atoms with Gasteiger partial charge in [-0.2, -0.15) is 0 Å². The second-order valence-corrected chi connectivity index (χ2v) is 5.81. The van der Waals surface area contributed by atoms with Crippen molar-refractivity contribution in [1.82, 2.24) is 0 Å². The predicted molar refractivity (Wildman–Crippen MR) is 60.0 cm³/mol. The summed E-state index contributed by atoms with van der Waals surface area (Å²) in [5, 5.41) is 9.93. The van der Waals surface area contributed by atoms with E-state index >= 15 is 0 Å². The molecule has 4 nitrogen and oxygen atoms in total. The molecule has 0 spiro atoms. The minimum Gasteiger partial charge on any atom is -0.460 e. The third kappa shape index (κ3) is 3.76. The van der Waals surface area contributed by atoms with Crippen molar-refractivity contribution in [2.75, 3.05) is 6.61 Å². The van der Waals surface area contributed by atoms with Gasteiger partial charge in [0.15, 0.2) is 0 Å². The van der Waals surface area contributed by atoms with Crippen LogP contribution in [0.2, 0.25) is 0 Å². The molecule has 4 heteroatoms. The third-order valence-electron chi connectivity index (χ3n) is 2.67. The molecule has 0 aromatic carbocycles. The minimum absolute atomic E-state index is 0.151. The van der Waals surface area contributed by atoms with Gasteiger partial charge in [-0.15, -0.1) is 0 Å². The molecule has 16 heavy (non-hydrogen) atoms. The number of carbonyl (C=O) groups is 1.